The Balaban J connectivity index is 1.45. The van der Waals surface area contributed by atoms with Gasteiger partial charge < -0.3 is 14.1 Å². The van der Waals surface area contributed by atoms with Crippen LogP contribution in [0.5, 0.6) is 5.75 Å². The summed E-state index contributed by atoms with van der Waals surface area (Å²) in [5, 5.41) is 0. The van der Waals surface area contributed by atoms with Gasteiger partial charge in [-0.15, -0.1) is 0 Å². The Labute approximate surface area is 180 Å². The van der Waals surface area contributed by atoms with Gasteiger partial charge in [-0.2, -0.15) is 0 Å². The van der Waals surface area contributed by atoms with Crippen LogP contribution in [0.25, 0.3) is 0 Å². The quantitative estimate of drug-likeness (QED) is 0.541. The zero-order valence-corrected chi connectivity index (χ0v) is 18.5. The van der Waals surface area contributed by atoms with Crippen molar-refractivity contribution in [3.63, 3.8) is 0 Å². The molecule has 162 valence electrons. The van der Waals surface area contributed by atoms with Gasteiger partial charge in [-0.25, -0.2) is 0 Å². The van der Waals surface area contributed by atoms with Gasteiger partial charge in [0, 0.05) is 12.1 Å². The number of nitrogens with zero attached hydrogens (tertiary/aromatic N) is 1. The summed E-state index contributed by atoms with van der Waals surface area (Å²) in [7, 11) is 0. The molecule has 4 rings (SSSR count). The number of amides is 1. The molecule has 1 aromatic carbocycles. The summed E-state index contributed by atoms with van der Waals surface area (Å²) in [6, 6.07) is 10.5. The maximum absolute atomic E-state index is 13.5. The molecule has 2 fully saturated rings. The van der Waals surface area contributed by atoms with Crippen molar-refractivity contribution in [2.75, 3.05) is 0 Å². The van der Waals surface area contributed by atoms with E-state index in [4.69, 9.17) is 9.15 Å². The number of carbonyl (C=O) groups excluding carboxylic acids is 1. The number of rotatable bonds is 6. The lowest BCUT2D eigenvalue weighted by molar-refractivity contribution is 0.0414. The third kappa shape index (κ3) is 4.91. The predicted octanol–water partition coefficient (Wildman–Crippen LogP) is 6.58. The lowest BCUT2D eigenvalue weighted by atomic mass is 9.88. The van der Waals surface area contributed by atoms with E-state index in [-0.39, 0.29) is 5.91 Å². The Bertz CT molecular complexity index is 826. The van der Waals surface area contributed by atoms with Crippen LogP contribution in [0.1, 0.15) is 91.7 Å². The molecular weight excluding hydrogens is 374 g/mol. The zero-order chi connectivity index (χ0) is 20.9. The number of hydrogen-bond acceptors (Lipinski definition) is 3. The number of carbonyl (C=O) groups is 1. The molecule has 0 bridgehead atoms. The van der Waals surface area contributed by atoms with E-state index >= 15 is 0 Å². The summed E-state index contributed by atoms with van der Waals surface area (Å²) in [5.74, 6) is 2.06. The van der Waals surface area contributed by atoms with Crippen molar-refractivity contribution in [2.24, 2.45) is 0 Å². The van der Waals surface area contributed by atoms with E-state index in [2.05, 4.69) is 24.8 Å². The predicted molar refractivity (Wildman–Crippen MR) is 119 cm³/mol. The molecular formula is C26H35NO3. The monoisotopic (exact) mass is 409 g/mol. The Hall–Kier alpha value is -2.23. The van der Waals surface area contributed by atoms with Gasteiger partial charge in [0.05, 0.1) is 0 Å². The van der Waals surface area contributed by atoms with Gasteiger partial charge in [0.25, 0.3) is 5.91 Å². The Morgan fingerprint density at radius 3 is 2.13 bits per heavy atom. The summed E-state index contributed by atoms with van der Waals surface area (Å²) in [6.07, 6.45) is 12.0. The van der Waals surface area contributed by atoms with Crippen molar-refractivity contribution in [3.8, 4) is 5.75 Å². The average molecular weight is 410 g/mol. The minimum absolute atomic E-state index is 0.0752. The third-order valence-corrected chi connectivity index (χ3v) is 6.90. The Morgan fingerprint density at radius 1 is 0.900 bits per heavy atom. The third-order valence-electron chi connectivity index (χ3n) is 6.90. The van der Waals surface area contributed by atoms with E-state index in [9.17, 15) is 4.79 Å². The Morgan fingerprint density at radius 2 is 1.53 bits per heavy atom. The van der Waals surface area contributed by atoms with Gasteiger partial charge in [0.2, 0.25) is 0 Å². The number of aryl methyl sites for hydroxylation is 2. The first-order chi connectivity index (χ1) is 14.6. The second-order valence-electron chi connectivity index (χ2n) is 9.10. The van der Waals surface area contributed by atoms with Gasteiger partial charge in [-0.05, 0) is 74.9 Å². The summed E-state index contributed by atoms with van der Waals surface area (Å²) in [6.45, 7) is 4.51. The van der Waals surface area contributed by atoms with E-state index in [1.54, 1.807) is 0 Å². The molecule has 1 amide bonds. The normalized spacial score (nSPS) is 18.3. The van der Waals surface area contributed by atoms with E-state index in [0.717, 1.165) is 31.4 Å². The lowest BCUT2D eigenvalue weighted by Gasteiger charge is -2.41. The topological polar surface area (TPSA) is 42.7 Å². The fraction of sp³-hybridized carbons (Fsp3) is 0.577. The highest BCUT2D eigenvalue weighted by Crippen LogP contribution is 2.32. The molecule has 0 N–H and O–H groups in total. The first kappa shape index (κ1) is 21.0. The zero-order valence-electron chi connectivity index (χ0n) is 18.5. The number of furan rings is 1. The minimum Gasteiger partial charge on any atom is -0.486 e. The molecule has 2 aromatic rings. The minimum atomic E-state index is 0.0752. The van der Waals surface area contributed by atoms with E-state index in [1.807, 2.05) is 24.3 Å². The highest BCUT2D eigenvalue weighted by molar-refractivity contribution is 5.92. The molecule has 2 saturated carbocycles. The van der Waals surface area contributed by atoms with Crippen LogP contribution in [0.3, 0.4) is 0 Å². The molecule has 1 heterocycles. The SMILES string of the molecule is Cc1ccc(OCc2ccc(C(=O)N(C3CCCCC3)C3CCCCC3)o2)cc1C. The second kappa shape index (κ2) is 9.72. The molecule has 0 unspecified atom stereocenters. The van der Waals surface area contributed by atoms with Crippen LogP contribution in [0.4, 0.5) is 0 Å². The van der Waals surface area contributed by atoms with Crippen LogP contribution in [0.15, 0.2) is 34.7 Å². The summed E-state index contributed by atoms with van der Waals surface area (Å²) >= 11 is 0. The van der Waals surface area contributed by atoms with Crippen molar-refractivity contribution in [1.82, 2.24) is 4.90 Å². The van der Waals surface area contributed by atoms with Crippen LogP contribution in [-0.4, -0.2) is 22.9 Å². The molecule has 1 aromatic heterocycles. The van der Waals surface area contributed by atoms with E-state index < -0.39 is 0 Å². The van der Waals surface area contributed by atoms with Crippen LogP contribution in [-0.2, 0) is 6.61 Å². The maximum atomic E-state index is 13.5. The fourth-order valence-corrected chi connectivity index (χ4v) is 5.00. The van der Waals surface area contributed by atoms with Crippen molar-refractivity contribution in [2.45, 2.75) is 96.7 Å². The molecule has 30 heavy (non-hydrogen) atoms. The molecule has 0 saturated heterocycles. The summed E-state index contributed by atoms with van der Waals surface area (Å²) < 4.78 is 11.9. The summed E-state index contributed by atoms with van der Waals surface area (Å²) in [5.41, 5.74) is 2.46. The number of ether oxygens (including phenoxy) is 1. The van der Waals surface area contributed by atoms with Crippen LogP contribution in [0.2, 0.25) is 0 Å². The molecule has 4 heteroatoms. The van der Waals surface area contributed by atoms with Crippen molar-refractivity contribution < 1.29 is 13.9 Å². The van der Waals surface area contributed by atoms with Gasteiger partial charge >= 0.3 is 0 Å². The largest absolute Gasteiger partial charge is 0.486 e. The fourth-order valence-electron chi connectivity index (χ4n) is 5.00. The van der Waals surface area contributed by atoms with Crippen LogP contribution >= 0.6 is 0 Å². The Kier molecular flexibility index (Phi) is 6.81. The second-order valence-corrected chi connectivity index (χ2v) is 9.10. The van der Waals surface area contributed by atoms with Gasteiger partial charge in [0.15, 0.2) is 5.76 Å². The molecule has 0 aliphatic heterocycles. The average Bonchev–Trinajstić information content (AvgIpc) is 3.25. The molecule has 2 aliphatic rings. The highest BCUT2D eigenvalue weighted by Gasteiger charge is 2.34. The number of hydrogen-bond donors (Lipinski definition) is 0. The van der Waals surface area contributed by atoms with Gasteiger partial charge in [-0.1, -0.05) is 44.6 Å². The maximum Gasteiger partial charge on any atom is 0.290 e. The highest BCUT2D eigenvalue weighted by atomic mass is 16.5. The standard InChI is InChI=1S/C26H35NO3/c1-19-13-14-23(17-20(19)2)29-18-24-15-16-25(30-24)26(28)27(21-9-5-3-6-10-21)22-11-7-4-8-12-22/h13-17,21-22H,3-12,18H2,1-2H3. The first-order valence-electron chi connectivity index (χ1n) is 11.7. The molecule has 0 atom stereocenters. The van der Waals surface area contributed by atoms with Crippen molar-refractivity contribution >= 4 is 5.91 Å². The van der Waals surface area contributed by atoms with Gasteiger partial charge in [0.1, 0.15) is 18.1 Å². The van der Waals surface area contributed by atoms with E-state index in [0.29, 0.717) is 30.2 Å². The van der Waals surface area contributed by atoms with Crippen LogP contribution < -0.4 is 4.74 Å². The lowest BCUT2D eigenvalue weighted by Crippen LogP contribution is -2.48. The first-order valence-corrected chi connectivity index (χ1v) is 11.7. The van der Waals surface area contributed by atoms with Gasteiger partial charge in [-0.3, -0.25) is 4.79 Å². The van der Waals surface area contributed by atoms with Crippen molar-refractivity contribution in [3.05, 3.63) is 53.0 Å². The number of benzene rings is 1. The van der Waals surface area contributed by atoms with Crippen molar-refractivity contribution in [1.29, 1.82) is 0 Å². The molecule has 0 spiro atoms. The van der Waals surface area contributed by atoms with Crippen LogP contribution in [0, 0.1) is 13.8 Å². The molecule has 4 nitrogen and oxygen atoms in total. The molecule has 0 radical (unpaired) electrons. The summed E-state index contributed by atoms with van der Waals surface area (Å²) in [4.78, 5) is 15.7. The smallest absolute Gasteiger partial charge is 0.290 e. The van der Waals surface area contributed by atoms with E-state index in [1.165, 1.54) is 49.7 Å². The molecule has 2 aliphatic carbocycles.